The Kier molecular flexibility index (Phi) is 4.39. The van der Waals surface area contributed by atoms with E-state index < -0.39 is 14.5 Å². The molecule has 1 heterocycles. The van der Waals surface area contributed by atoms with Gasteiger partial charge in [0.25, 0.3) is 0 Å². The first-order valence-corrected chi connectivity index (χ1v) is 8.13. The second kappa shape index (κ2) is 6.44. The minimum Gasteiger partial charge on any atom is -0.497 e. The third kappa shape index (κ3) is 2.97. The Morgan fingerprint density at radius 1 is 1.18 bits per heavy atom. The zero-order valence-electron chi connectivity index (χ0n) is 12.2. The minimum atomic E-state index is -2.69. The van der Waals surface area contributed by atoms with Crippen LogP contribution in [-0.2, 0) is 15.5 Å². The Bertz CT molecular complexity index is 674. The van der Waals surface area contributed by atoms with Gasteiger partial charge < -0.3 is 9.64 Å². The van der Waals surface area contributed by atoms with Crippen molar-refractivity contribution >= 4 is 13.9 Å². The lowest BCUT2D eigenvalue weighted by molar-refractivity contribution is 0.179. The molecule has 3 rings (SSSR count). The van der Waals surface area contributed by atoms with Crippen LogP contribution in [0, 0.1) is 0 Å². The van der Waals surface area contributed by atoms with Crippen molar-refractivity contribution < 1.29 is 18.7 Å². The average molecular weight is 318 g/mol. The van der Waals surface area contributed by atoms with Gasteiger partial charge in [-0.15, -0.1) is 4.89 Å². The molecule has 0 radical (unpaired) electrons. The van der Waals surface area contributed by atoms with Crippen molar-refractivity contribution in [1.29, 1.82) is 0 Å². The fourth-order valence-corrected chi connectivity index (χ4v) is 3.16. The third-order valence-corrected chi connectivity index (χ3v) is 4.20. The lowest BCUT2D eigenvalue weighted by Crippen LogP contribution is -2.36. The number of ether oxygens (including phenoxy) is 1. The summed E-state index contributed by atoms with van der Waals surface area (Å²) in [6.45, 7) is 0.719. The largest absolute Gasteiger partial charge is 0.697 e. The fraction of sp³-hybridized carbons (Fsp3) is 0.250. The summed E-state index contributed by atoms with van der Waals surface area (Å²) in [7, 11) is -1.07. The maximum Gasteiger partial charge on any atom is 0.697 e. The molecule has 1 aliphatic heterocycles. The molecule has 0 aliphatic carbocycles. The van der Waals surface area contributed by atoms with Crippen LogP contribution in [0.4, 0.5) is 5.69 Å². The predicted molar refractivity (Wildman–Crippen MR) is 84.1 cm³/mol. The van der Waals surface area contributed by atoms with Gasteiger partial charge in [-0.1, -0.05) is 28.8 Å². The molecule has 1 unspecified atom stereocenters. The molecule has 5 nitrogen and oxygen atoms in total. The summed E-state index contributed by atoms with van der Waals surface area (Å²) in [4.78, 5) is 11.2. The van der Waals surface area contributed by atoms with E-state index in [0.29, 0.717) is 0 Å². The quantitative estimate of drug-likeness (QED) is 0.875. The van der Waals surface area contributed by atoms with Crippen LogP contribution >= 0.6 is 8.25 Å². The molecule has 0 saturated heterocycles. The smallest absolute Gasteiger partial charge is 0.497 e. The first kappa shape index (κ1) is 15.0. The molecule has 1 aliphatic rings. The Morgan fingerprint density at radius 2 is 1.91 bits per heavy atom. The minimum absolute atomic E-state index is 0.563. The molecule has 2 atom stereocenters. The van der Waals surface area contributed by atoms with Gasteiger partial charge in [-0.25, -0.2) is 0 Å². The molecule has 0 aromatic heterocycles. The van der Waals surface area contributed by atoms with E-state index in [2.05, 4.69) is 0 Å². The highest BCUT2D eigenvalue weighted by atomic mass is 31.1. The molecule has 6 heteroatoms. The van der Waals surface area contributed by atoms with Gasteiger partial charge in [0, 0.05) is 22.4 Å². The van der Waals surface area contributed by atoms with Crippen LogP contribution in [-0.4, -0.2) is 18.5 Å². The molecule has 0 saturated carbocycles. The summed E-state index contributed by atoms with van der Waals surface area (Å²) in [6.07, 6.45) is 0.302. The number of hydrogen-bond acceptors (Lipinski definition) is 4. The number of methoxy groups -OCH3 is 1. The van der Waals surface area contributed by atoms with Crippen LogP contribution in [0.5, 0.6) is 5.75 Å². The highest BCUT2D eigenvalue weighted by Gasteiger charge is 2.35. The van der Waals surface area contributed by atoms with Gasteiger partial charge >= 0.3 is 8.25 Å². The van der Waals surface area contributed by atoms with Crippen molar-refractivity contribution in [3.05, 3.63) is 59.7 Å². The van der Waals surface area contributed by atoms with Crippen LogP contribution in [0.15, 0.2) is 48.5 Å². The molecule has 22 heavy (non-hydrogen) atoms. The molecular weight excluding hydrogens is 301 g/mol. The number of rotatable bonds is 4. The second-order valence-electron chi connectivity index (χ2n) is 5.04. The maximum absolute atomic E-state index is 11.2. The normalized spacial score (nSPS) is 17.8. The molecule has 0 fully saturated rings. The Balaban J connectivity index is 1.97. The van der Waals surface area contributed by atoms with Crippen molar-refractivity contribution in [3.8, 4) is 5.75 Å². The van der Waals surface area contributed by atoms with E-state index in [4.69, 9.17) is 9.26 Å². The lowest BCUT2D eigenvalue weighted by atomic mass is 9.98. The van der Waals surface area contributed by atoms with E-state index in [-0.39, 0.29) is 0 Å². The van der Waals surface area contributed by atoms with Crippen LogP contribution in [0.2, 0.25) is 0 Å². The molecular formula is C16H17NO4P+. The van der Waals surface area contributed by atoms with E-state index >= 15 is 0 Å². The zero-order chi connectivity index (χ0) is 15.5. The van der Waals surface area contributed by atoms with Gasteiger partial charge in [-0.05, 0) is 36.2 Å². The summed E-state index contributed by atoms with van der Waals surface area (Å²) < 4.78 is 21.7. The Hall–Kier alpha value is -1.94. The summed E-state index contributed by atoms with van der Waals surface area (Å²) in [5.41, 5.74) is 3.01. The van der Waals surface area contributed by atoms with Crippen molar-refractivity contribution in [3.63, 3.8) is 0 Å². The van der Waals surface area contributed by atoms with E-state index in [1.54, 1.807) is 7.11 Å². The summed E-state index contributed by atoms with van der Waals surface area (Å²) in [6, 6.07) is 15.4. The number of fused-ring (bicyclic) bond motifs is 1. The van der Waals surface area contributed by atoms with Gasteiger partial charge in [0.2, 0.25) is 6.23 Å². The van der Waals surface area contributed by atoms with Crippen LogP contribution in [0.25, 0.3) is 0 Å². The van der Waals surface area contributed by atoms with Crippen molar-refractivity contribution in [2.75, 3.05) is 18.6 Å². The molecule has 114 valence electrons. The fourth-order valence-electron chi connectivity index (χ4n) is 2.77. The van der Waals surface area contributed by atoms with Crippen LogP contribution in [0.3, 0.4) is 0 Å². The molecule has 0 amide bonds. The first-order valence-electron chi connectivity index (χ1n) is 7.00. The monoisotopic (exact) mass is 318 g/mol. The SMILES string of the molecule is COc1ccc(N2CCc3ccccc3[C@@H]2O[P+](=O)O)cc1. The van der Waals surface area contributed by atoms with Gasteiger partial charge in [-0.3, -0.25) is 0 Å². The van der Waals surface area contributed by atoms with Crippen LogP contribution < -0.4 is 9.64 Å². The number of hydrogen-bond donors (Lipinski definition) is 1. The molecule has 2 aromatic carbocycles. The molecule has 0 bridgehead atoms. The predicted octanol–water partition coefficient (Wildman–Crippen LogP) is 3.42. The van der Waals surface area contributed by atoms with E-state index in [9.17, 15) is 9.46 Å². The Morgan fingerprint density at radius 3 is 2.59 bits per heavy atom. The second-order valence-corrected chi connectivity index (χ2v) is 5.72. The highest BCUT2D eigenvalue weighted by Crippen LogP contribution is 2.39. The van der Waals surface area contributed by atoms with Crippen molar-refractivity contribution in [2.45, 2.75) is 12.6 Å². The molecule has 1 N–H and O–H groups in total. The maximum atomic E-state index is 11.2. The lowest BCUT2D eigenvalue weighted by Gasteiger charge is -2.35. The van der Waals surface area contributed by atoms with Gasteiger partial charge in [0.1, 0.15) is 5.75 Å². The Labute approximate surface area is 130 Å². The average Bonchev–Trinajstić information content (AvgIpc) is 2.55. The van der Waals surface area contributed by atoms with E-state index in [0.717, 1.165) is 35.5 Å². The van der Waals surface area contributed by atoms with Crippen LogP contribution in [0.1, 0.15) is 17.4 Å². The van der Waals surface area contributed by atoms with Gasteiger partial charge in [0.15, 0.2) is 0 Å². The van der Waals surface area contributed by atoms with Crippen molar-refractivity contribution in [1.82, 2.24) is 0 Å². The van der Waals surface area contributed by atoms with E-state index in [1.165, 1.54) is 0 Å². The summed E-state index contributed by atoms with van der Waals surface area (Å²) >= 11 is 0. The van der Waals surface area contributed by atoms with Gasteiger partial charge in [0.05, 0.1) is 7.11 Å². The third-order valence-electron chi connectivity index (χ3n) is 3.82. The number of anilines is 1. The number of benzene rings is 2. The first-order chi connectivity index (χ1) is 10.7. The van der Waals surface area contributed by atoms with E-state index in [1.807, 2.05) is 53.4 Å². The zero-order valence-corrected chi connectivity index (χ0v) is 13.1. The molecule has 0 spiro atoms. The summed E-state index contributed by atoms with van der Waals surface area (Å²) in [5.74, 6) is 0.770. The topological polar surface area (TPSA) is 59.0 Å². The van der Waals surface area contributed by atoms with Gasteiger partial charge in [-0.2, -0.15) is 0 Å². The highest BCUT2D eigenvalue weighted by molar-refractivity contribution is 7.32. The molecule has 2 aromatic rings. The summed E-state index contributed by atoms with van der Waals surface area (Å²) in [5, 5.41) is 0. The number of nitrogens with zero attached hydrogens (tertiary/aromatic N) is 1. The van der Waals surface area contributed by atoms with Crippen molar-refractivity contribution in [2.24, 2.45) is 0 Å². The standard InChI is InChI=1S/C16H16NO4P/c1-20-14-8-6-13(7-9-14)17-11-10-12-4-2-3-5-15(12)16(17)21-22(18)19/h2-9,16H,10-11H2,1H3/p+1/t16-/m0/s1.